The Morgan fingerprint density at radius 2 is 2.06 bits per heavy atom. The SMILES string of the molecule is CC[C@@H](CCC(C)=O)c1ccc(Nc2ccc(-c3cnc4cnccn34)c3c2C(=O)NC3)nc1. The molecule has 0 radical (unpaired) electrons. The number of anilines is 2. The molecule has 4 heterocycles. The molecule has 1 aromatic carbocycles. The smallest absolute Gasteiger partial charge is 0.254 e. The molecule has 0 saturated carbocycles. The fourth-order valence-corrected chi connectivity index (χ4v) is 4.58. The lowest BCUT2D eigenvalue weighted by Crippen LogP contribution is -2.13. The number of carbonyl (C=O) groups excluding carboxylic acids is 2. The Labute approximate surface area is 197 Å². The summed E-state index contributed by atoms with van der Waals surface area (Å²) < 4.78 is 1.97. The Morgan fingerprint density at radius 3 is 2.82 bits per heavy atom. The molecule has 8 heteroatoms. The fourth-order valence-electron chi connectivity index (χ4n) is 4.58. The van der Waals surface area contributed by atoms with Crippen LogP contribution in [0.5, 0.6) is 0 Å². The van der Waals surface area contributed by atoms with E-state index >= 15 is 0 Å². The second kappa shape index (κ2) is 9.05. The van der Waals surface area contributed by atoms with Crippen molar-refractivity contribution >= 4 is 28.8 Å². The van der Waals surface area contributed by atoms with Crippen LogP contribution in [0.25, 0.3) is 16.9 Å². The number of Topliss-reactive ketones (excluding diaryl/α,β-unsaturated/α-hetero) is 1. The van der Waals surface area contributed by atoms with Crippen LogP contribution in [0.3, 0.4) is 0 Å². The molecule has 1 aliphatic heterocycles. The first-order valence-electron chi connectivity index (χ1n) is 11.5. The summed E-state index contributed by atoms with van der Waals surface area (Å²) in [4.78, 5) is 37.3. The number of nitrogens with zero attached hydrogens (tertiary/aromatic N) is 4. The molecule has 0 unspecified atom stereocenters. The minimum absolute atomic E-state index is 0.110. The lowest BCUT2D eigenvalue weighted by atomic mass is 9.92. The third-order valence-electron chi connectivity index (χ3n) is 6.42. The number of aromatic nitrogens is 4. The highest BCUT2D eigenvalue weighted by Crippen LogP contribution is 2.35. The van der Waals surface area contributed by atoms with E-state index in [1.165, 1.54) is 0 Å². The van der Waals surface area contributed by atoms with Gasteiger partial charge in [0.05, 0.1) is 29.3 Å². The lowest BCUT2D eigenvalue weighted by molar-refractivity contribution is -0.117. The van der Waals surface area contributed by atoms with E-state index in [0.717, 1.165) is 40.9 Å². The molecular formula is C26H26N6O2. The number of imidazole rings is 1. The summed E-state index contributed by atoms with van der Waals surface area (Å²) in [6.45, 7) is 4.21. The van der Waals surface area contributed by atoms with Crippen LogP contribution in [-0.2, 0) is 11.3 Å². The number of ketones is 1. The Hall–Kier alpha value is -4.07. The maximum absolute atomic E-state index is 12.7. The largest absolute Gasteiger partial charge is 0.348 e. The normalized spacial score (nSPS) is 13.5. The van der Waals surface area contributed by atoms with Crippen LogP contribution in [0.4, 0.5) is 11.5 Å². The van der Waals surface area contributed by atoms with Gasteiger partial charge in [0.25, 0.3) is 5.91 Å². The summed E-state index contributed by atoms with van der Waals surface area (Å²) in [5.74, 6) is 1.07. The highest BCUT2D eigenvalue weighted by molar-refractivity contribution is 6.06. The van der Waals surface area contributed by atoms with Gasteiger partial charge in [-0.05, 0) is 48.9 Å². The maximum Gasteiger partial charge on any atom is 0.254 e. The zero-order chi connectivity index (χ0) is 23.7. The third kappa shape index (κ3) is 4.03. The summed E-state index contributed by atoms with van der Waals surface area (Å²) in [7, 11) is 0. The Bertz CT molecular complexity index is 1380. The van der Waals surface area contributed by atoms with Gasteiger partial charge in [-0.1, -0.05) is 19.1 Å². The van der Waals surface area contributed by atoms with Crippen LogP contribution in [0.2, 0.25) is 0 Å². The predicted molar refractivity (Wildman–Crippen MR) is 130 cm³/mol. The zero-order valence-corrected chi connectivity index (χ0v) is 19.2. The van der Waals surface area contributed by atoms with E-state index in [2.05, 4.69) is 32.5 Å². The summed E-state index contributed by atoms with van der Waals surface area (Å²) in [5.41, 5.74) is 6.01. The molecule has 0 bridgehead atoms. The van der Waals surface area contributed by atoms with Crippen molar-refractivity contribution in [2.75, 3.05) is 5.32 Å². The molecule has 0 aliphatic carbocycles. The second-order valence-electron chi connectivity index (χ2n) is 8.59. The van der Waals surface area contributed by atoms with Crippen molar-refractivity contribution < 1.29 is 9.59 Å². The molecule has 3 aromatic heterocycles. The molecule has 0 saturated heterocycles. The molecule has 1 amide bonds. The quantitative estimate of drug-likeness (QED) is 0.402. The molecule has 5 rings (SSSR count). The number of nitrogens with one attached hydrogen (secondary N) is 2. The standard InChI is InChI=1S/C26H26N6O2/c1-3-17(5-4-16(2)33)18-6-9-23(28-12-18)31-21-8-7-19(20-13-30-26(34)25(20)21)22-14-29-24-15-27-10-11-32(22)24/h6-12,14-15,17H,3-5,13H2,1-2H3,(H,28,31)(H,30,34)/t17-/m0/s1. The van der Waals surface area contributed by atoms with E-state index in [-0.39, 0.29) is 11.7 Å². The van der Waals surface area contributed by atoms with E-state index in [1.807, 2.05) is 41.1 Å². The third-order valence-corrected chi connectivity index (χ3v) is 6.42. The lowest BCUT2D eigenvalue weighted by Gasteiger charge is -2.16. The van der Waals surface area contributed by atoms with Crippen molar-refractivity contribution in [3.8, 4) is 11.3 Å². The van der Waals surface area contributed by atoms with Crippen LogP contribution in [-0.4, -0.2) is 31.0 Å². The van der Waals surface area contributed by atoms with E-state index in [1.54, 1.807) is 25.5 Å². The first kappa shape index (κ1) is 21.8. The predicted octanol–water partition coefficient (Wildman–Crippen LogP) is 4.64. The summed E-state index contributed by atoms with van der Waals surface area (Å²) in [5, 5.41) is 6.27. The first-order valence-corrected chi connectivity index (χ1v) is 11.5. The van der Waals surface area contributed by atoms with Crippen LogP contribution in [0.15, 0.2) is 55.2 Å². The topological polar surface area (TPSA) is 101 Å². The van der Waals surface area contributed by atoms with Crippen molar-refractivity contribution in [1.29, 1.82) is 0 Å². The van der Waals surface area contributed by atoms with Gasteiger partial charge >= 0.3 is 0 Å². The van der Waals surface area contributed by atoms with E-state index in [0.29, 0.717) is 36.0 Å². The van der Waals surface area contributed by atoms with Gasteiger partial charge < -0.3 is 15.4 Å². The average Bonchev–Trinajstić information content (AvgIpc) is 3.45. The van der Waals surface area contributed by atoms with Gasteiger partial charge in [0.15, 0.2) is 5.65 Å². The van der Waals surface area contributed by atoms with Crippen molar-refractivity contribution in [3.63, 3.8) is 0 Å². The molecule has 1 atom stereocenters. The summed E-state index contributed by atoms with van der Waals surface area (Å²) in [6, 6.07) is 7.90. The fraction of sp³-hybridized carbons (Fsp3) is 0.269. The Balaban J connectivity index is 1.44. The van der Waals surface area contributed by atoms with Gasteiger partial charge in [-0.15, -0.1) is 0 Å². The highest BCUT2D eigenvalue weighted by atomic mass is 16.2. The molecule has 4 aromatic rings. The monoisotopic (exact) mass is 454 g/mol. The zero-order valence-electron chi connectivity index (χ0n) is 19.2. The number of rotatable bonds is 8. The van der Waals surface area contributed by atoms with Crippen LogP contribution < -0.4 is 10.6 Å². The molecule has 1 aliphatic rings. The Morgan fingerprint density at radius 1 is 1.18 bits per heavy atom. The van der Waals surface area contributed by atoms with E-state index in [4.69, 9.17) is 0 Å². The molecule has 0 spiro atoms. The van der Waals surface area contributed by atoms with Gasteiger partial charge in [0, 0.05) is 37.1 Å². The number of carbonyl (C=O) groups is 2. The number of pyridine rings is 1. The molecule has 172 valence electrons. The minimum atomic E-state index is -0.110. The highest BCUT2D eigenvalue weighted by Gasteiger charge is 2.27. The van der Waals surface area contributed by atoms with Gasteiger partial charge in [-0.3, -0.25) is 14.2 Å². The number of hydrogen-bond acceptors (Lipinski definition) is 6. The first-order chi connectivity index (χ1) is 16.5. The second-order valence-corrected chi connectivity index (χ2v) is 8.59. The molecule has 2 N–H and O–H groups in total. The van der Waals surface area contributed by atoms with Crippen molar-refractivity contribution in [2.24, 2.45) is 0 Å². The minimum Gasteiger partial charge on any atom is -0.348 e. The summed E-state index contributed by atoms with van der Waals surface area (Å²) >= 11 is 0. The molecular weight excluding hydrogens is 428 g/mol. The van der Waals surface area contributed by atoms with Gasteiger partial charge in [-0.25, -0.2) is 9.97 Å². The van der Waals surface area contributed by atoms with Crippen molar-refractivity contribution in [3.05, 3.63) is 71.9 Å². The van der Waals surface area contributed by atoms with Crippen LogP contribution >= 0.6 is 0 Å². The van der Waals surface area contributed by atoms with Gasteiger partial charge in [0.1, 0.15) is 11.6 Å². The van der Waals surface area contributed by atoms with Crippen LogP contribution in [0.1, 0.15) is 60.5 Å². The van der Waals surface area contributed by atoms with Crippen LogP contribution in [0, 0.1) is 0 Å². The maximum atomic E-state index is 12.7. The Kier molecular flexibility index (Phi) is 5.79. The van der Waals surface area contributed by atoms with E-state index in [9.17, 15) is 9.59 Å². The number of amides is 1. The molecule has 0 fully saturated rings. The number of fused-ring (bicyclic) bond motifs is 2. The van der Waals surface area contributed by atoms with Crippen molar-refractivity contribution in [1.82, 2.24) is 24.7 Å². The number of benzene rings is 1. The average molecular weight is 455 g/mol. The van der Waals surface area contributed by atoms with Gasteiger partial charge in [-0.2, -0.15) is 0 Å². The number of hydrogen-bond donors (Lipinski definition) is 2. The van der Waals surface area contributed by atoms with Gasteiger partial charge in [0.2, 0.25) is 0 Å². The van der Waals surface area contributed by atoms with Crippen molar-refractivity contribution in [2.45, 2.75) is 45.6 Å². The van der Waals surface area contributed by atoms with E-state index < -0.39 is 0 Å². The molecule has 34 heavy (non-hydrogen) atoms. The summed E-state index contributed by atoms with van der Waals surface area (Å²) in [6.07, 6.45) is 11.3. The molecule has 8 nitrogen and oxygen atoms in total.